The predicted molar refractivity (Wildman–Crippen MR) is 85.1 cm³/mol. The molecule has 0 unspecified atom stereocenters. The fourth-order valence-corrected chi connectivity index (χ4v) is 2.84. The average molecular weight is 306 g/mol. The van der Waals surface area contributed by atoms with Gasteiger partial charge in [0.25, 0.3) is 0 Å². The second kappa shape index (κ2) is 7.36. The fraction of sp³-hybridized carbons (Fsp3) is 0.188. The van der Waals surface area contributed by atoms with Crippen LogP contribution in [0.3, 0.4) is 0 Å². The van der Waals surface area contributed by atoms with E-state index < -0.39 is 0 Å². The fourth-order valence-electron chi connectivity index (χ4n) is 1.77. The lowest BCUT2D eigenvalue weighted by molar-refractivity contribution is -0.127. The second-order valence-electron chi connectivity index (χ2n) is 4.48. The average Bonchev–Trinajstić information content (AvgIpc) is 2.46. The van der Waals surface area contributed by atoms with Gasteiger partial charge in [-0.05, 0) is 29.8 Å². The molecule has 4 heteroatoms. The molecule has 0 radical (unpaired) electrons. The monoisotopic (exact) mass is 305 g/mol. The molecule has 0 aliphatic heterocycles. The van der Waals surface area contributed by atoms with Crippen LogP contribution in [0.15, 0.2) is 59.5 Å². The van der Waals surface area contributed by atoms with Gasteiger partial charge in [0.15, 0.2) is 0 Å². The second-order valence-corrected chi connectivity index (χ2v) is 5.97. The largest absolute Gasteiger partial charge is 0.341 e. The molecular weight excluding hydrogens is 290 g/mol. The molecule has 104 valence electrons. The zero-order valence-corrected chi connectivity index (χ0v) is 12.8. The quantitative estimate of drug-likeness (QED) is 0.775. The van der Waals surface area contributed by atoms with Crippen LogP contribution in [0.5, 0.6) is 0 Å². The maximum atomic E-state index is 12.1. The topological polar surface area (TPSA) is 20.3 Å². The van der Waals surface area contributed by atoms with E-state index in [1.54, 1.807) is 16.7 Å². The van der Waals surface area contributed by atoms with E-state index in [9.17, 15) is 4.79 Å². The van der Waals surface area contributed by atoms with Crippen LogP contribution in [0.2, 0.25) is 5.02 Å². The molecule has 0 saturated heterocycles. The molecule has 0 aliphatic rings. The van der Waals surface area contributed by atoms with Crippen LogP contribution in [0.4, 0.5) is 0 Å². The molecule has 2 rings (SSSR count). The van der Waals surface area contributed by atoms with Crippen molar-refractivity contribution in [3.8, 4) is 0 Å². The molecule has 0 heterocycles. The highest BCUT2D eigenvalue weighted by atomic mass is 35.5. The minimum Gasteiger partial charge on any atom is -0.341 e. The van der Waals surface area contributed by atoms with E-state index in [-0.39, 0.29) is 5.91 Å². The Hall–Kier alpha value is -1.45. The van der Waals surface area contributed by atoms with Crippen molar-refractivity contribution in [2.24, 2.45) is 0 Å². The summed E-state index contributed by atoms with van der Waals surface area (Å²) in [5, 5.41) is 0.696. The Bertz CT molecular complexity index is 574. The molecule has 20 heavy (non-hydrogen) atoms. The lowest BCUT2D eigenvalue weighted by Crippen LogP contribution is -2.27. The number of benzene rings is 2. The molecule has 0 atom stereocenters. The molecule has 0 spiro atoms. The van der Waals surface area contributed by atoms with Gasteiger partial charge in [-0.3, -0.25) is 4.79 Å². The Morgan fingerprint density at radius 2 is 1.90 bits per heavy atom. The van der Waals surface area contributed by atoms with E-state index in [0.717, 1.165) is 10.5 Å². The third kappa shape index (κ3) is 4.58. The molecule has 0 bridgehead atoms. The summed E-state index contributed by atoms with van der Waals surface area (Å²) < 4.78 is 0. The summed E-state index contributed by atoms with van der Waals surface area (Å²) >= 11 is 7.49. The van der Waals surface area contributed by atoms with Crippen LogP contribution >= 0.6 is 23.4 Å². The number of carbonyl (C=O) groups excluding carboxylic acids is 1. The van der Waals surface area contributed by atoms with Crippen LogP contribution < -0.4 is 0 Å². The number of thioether (sulfide) groups is 1. The predicted octanol–water partition coefficient (Wildman–Crippen LogP) is 4.09. The van der Waals surface area contributed by atoms with Gasteiger partial charge in [-0.25, -0.2) is 0 Å². The molecule has 0 aliphatic carbocycles. The Morgan fingerprint density at radius 1 is 1.15 bits per heavy atom. The summed E-state index contributed by atoms with van der Waals surface area (Å²) in [5.74, 6) is 0.556. The van der Waals surface area contributed by atoms with Crippen molar-refractivity contribution in [2.45, 2.75) is 11.4 Å². The summed E-state index contributed by atoms with van der Waals surface area (Å²) in [6.07, 6.45) is 0. The van der Waals surface area contributed by atoms with E-state index in [0.29, 0.717) is 17.3 Å². The van der Waals surface area contributed by atoms with E-state index in [1.807, 2.05) is 61.6 Å². The summed E-state index contributed by atoms with van der Waals surface area (Å²) in [4.78, 5) is 14.9. The number of rotatable bonds is 5. The first-order valence-electron chi connectivity index (χ1n) is 6.31. The molecular formula is C16H16ClNOS. The van der Waals surface area contributed by atoms with Crippen molar-refractivity contribution in [3.05, 3.63) is 65.2 Å². The van der Waals surface area contributed by atoms with Gasteiger partial charge >= 0.3 is 0 Å². The van der Waals surface area contributed by atoms with Crippen molar-refractivity contribution >= 4 is 29.3 Å². The first kappa shape index (κ1) is 14.9. The molecule has 2 aromatic rings. The Morgan fingerprint density at radius 3 is 2.60 bits per heavy atom. The third-order valence-corrected chi connectivity index (χ3v) is 4.07. The lowest BCUT2D eigenvalue weighted by Gasteiger charge is -2.17. The molecule has 2 nitrogen and oxygen atoms in total. The normalized spacial score (nSPS) is 10.3. The van der Waals surface area contributed by atoms with Crippen LogP contribution in [-0.2, 0) is 11.3 Å². The zero-order chi connectivity index (χ0) is 14.4. The maximum absolute atomic E-state index is 12.1. The minimum absolute atomic E-state index is 0.110. The zero-order valence-electron chi connectivity index (χ0n) is 11.3. The number of halogens is 1. The van der Waals surface area contributed by atoms with E-state index in [4.69, 9.17) is 11.6 Å². The van der Waals surface area contributed by atoms with Gasteiger partial charge in [-0.1, -0.05) is 41.9 Å². The molecule has 0 N–H and O–H groups in total. The van der Waals surface area contributed by atoms with Crippen molar-refractivity contribution in [2.75, 3.05) is 12.8 Å². The van der Waals surface area contributed by atoms with Gasteiger partial charge in [0, 0.05) is 23.5 Å². The number of carbonyl (C=O) groups is 1. The standard InChI is InChI=1S/C16H16ClNOS/c1-18(11-13-6-5-7-14(17)10-13)16(19)12-20-15-8-3-2-4-9-15/h2-10H,11-12H2,1H3. The highest BCUT2D eigenvalue weighted by molar-refractivity contribution is 8.00. The molecule has 2 aromatic carbocycles. The van der Waals surface area contributed by atoms with Gasteiger partial charge in [0.1, 0.15) is 0 Å². The van der Waals surface area contributed by atoms with Crippen LogP contribution in [-0.4, -0.2) is 23.6 Å². The van der Waals surface area contributed by atoms with Gasteiger partial charge in [0.2, 0.25) is 5.91 Å². The van der Waals surface area contributed by atoms with E-state index in [2.05, 4.69) is 0 Å². The van der Waals surface area contributed by atoms with Crippen LogP contribution in [0.1, 0.15) is 5.56 Å². The van der Waals surface area contributed by atoms with Gasteiger partial charge < -0.3 is 4.90 Å². The molecule has 1 amide bonds. The molecule has 0 saturated carbocycles. The maximum Gasteiger partial charge on any atom is 0.232 e. The first-order chi connectivity index (χ1) is 9.65. The summed E-state index contributed by atoms with van der Waals surface area (Å²) in [6, 6.07) is 17.5. The Balaban J connectivity index is 1.86. The summed E-state index contributed by atoms with van der Waals surface area (Å²) in [6.45, 7) is 0.578. The molecule has 0 fully saturated rings. The number of nitrogens with zero attached hydrogens (tertiary/aromatic N) is 1. The Labute approximate surface area is 128 Å². The first-order valence-corrected chi connectivity index (χ1v) is 7.68. The lowest BCUT2D eigenvalue weighted by atomic mass is 10.2. The van der Waals surface area contributed by atoms with Crippen molar-refractivity contribution < 1.29 is 4.79 Å². The number of amides is 1. The van der Waals surface area contributed by atoms with Gasteiger partial charge in [0.05, 0.1) is 5.75 Å². The number of hydrogen-bond donors (Lipinski definition) is 0. The summed E-state index contributed by atoms with van der Waals surface area (Å²) in [7, 11) is 1.81. The minimum atomic E-state index is 0.110. The van der Waals surface area contributed by atoms with Crippen LogP contribution in [0, 0.1) is 0 Å². The van der Waals surface area contributed by atoms with Gasteiger partial charge in [-0.15, -0.1) is 11.8 Å². The van der Waals surface area contributed by atoms with E-state index in [1.165, 1.54) is 0 Å². The summed E-state index contributed by atoms with van der Waals surface area (Å²) in [5.41, 5.74) is 1.04. The smallest absolute Gasteiger partial charge is 0.232 e. The van der Waals surface area contributed by atoms with Crippen molar-refractivity contribution in [1.29, 1.82) is 0 Å². The SMILES string of the molecule is CN(Cc1cccc(Cl)c1)C(=O)CSc1ccccc1. The van der Waals surface area contributed by atoms with E-state index >= 15 is 0 Å². The van der Waals surface area contributed by atoms with Crippen molar-refractivity contribution in [3.63, 3.8) is 0 Å². The Kier molecular flexibility index (Phi) is 5.50. The van der Waals surface area contributed by atoms with Crippen molar-refractivity contribution in [1.82, 2.24) is 4.90 Å². The highest BCUT2D eigenvalue weighted by Gasteiger charge is 2.10. The van der Waals surface area contributed by atoms with Crippen LogP contribution in [0.25, 0.3) is 0 Å². The third-order valence-electron chi connectivity index (χ3n) is 2.84. The van der Waals surface area contributed by atoms with Gasteiger partial charge in [-0.2, -0.15) is 0 Å². The highest BCUT2D eigenvalue weighted by Crippen LogP contribution is 2.18. The molecule has 0 aromatic heterocycles. The number of hydrogen-bond acceptors (Lipinski definition) is 2.